The van der Waals surface area contributed by atoms with Crippen LogP contribution in [0, 0.1) is 11.3 Å². The number of carbonyl (C=O) groups excluding carboxylic acids is 2. The van der Waals surface area contributed by atoms with Gasteiger partial charge in [0.15, 0.2) is 5.78 Å². The minimum atomic E-state index is -0.906. The second-order valence-corrected chi connectivity index (χ2v) is 9.25. The molecule has 1 aliphatic rings. The summed E-state index contributed by atoms with van der Waals surface area (Å²) in [6.07, 6.45) is 1.64. The maximum atomic E-state index is 13.4. The minimum Gasteiger partial charge on any atom is -0.340 e. The van der Waals surface area contributed by atoms with Crippen LogP contribution in [0.5, 0.6) is 0 Å². The van der Waals surface area contributed by atoms with E-state index in [0.717, 1.165) is 30.5 Å². The highest BCUT2D eigenvalue weighted by molar-refractivity contribution is 7.12. The number of ketones is 1. The monoisotopic (exact) mass is 458 g/mol. The van der Waals surface area contributed by atoms with Crippen LogP contribution in [0.2, 0.25) is 0 Å². The lowest BCUT2D eigenvalue weighted by Gasteiger charge is -2.27. The number of nitrogens with one attached hydrogen (secondary N) is 2. The van der Waals surface area contributed by atoms with Crippen molar-refractivity contribution < 1.29 is 9.59 Å². The lowest BCUT2D eigenvalue weighted by Crippen LogP contribution is -2.49. The van der Waals surface area contributed by atoms with Crippen molar-refractivity contribution in [1.82, 2.24) is 10.6 Å². The predicted molar refractivity (Wildman–Crippen MR) is 129 cm³/mol. The van der Waals surface area contributed by atoms with Gasteiger partial charge in [0.2, 0.25) is 5.91 Å². The summed E-state index contributed by atoms with van der Waals surface area (Å²) in [5, 5.41) is 15.4. The van der Waals surface area contributed by atoms with Gasteiger partial charge in [-0.15, -0.1) is 11.3 Å². The lowest BCUT2D eigenvalue weighted by atomic mass is 9.85. The number of nitriles is 1. The predicted octanol–water partition coefficient (Wildman–Crippen LogP) is 3.26. The van der Waals surface area contributed by atoms with Gasteiger partial charge in [-0.25, -0.2) is 0 Å². The standard InChI is InChI=1S/C26H26N4O2S/c27-16-19-13-14-21(33-19)24(25(31)20-12-7-15-29-20)30-26(32)23(28)22(17-8-3-1-4-9-17)18-10-5-2-6-11-18/h1-6,8-11,13-14,20,22-24,29H,7,12,15,28H2,(H,30,32)/t20-,23-,24?/m0/s1. The molecule has 1 fully saturated rings. The van der Waals surface area contributed by atoms with E-state index in [4.69, 9.17) is 5.73 Å². The van der Waals surface area contributed by atoms with Crippen molar-refractivity contribution in [3.05, 3.63) is 93.7 Å². The van der Waals surface area contributed by atoms with Gasteiger partial charge in [0, 0.05) is 10.8 Å². The molecule has 3 atom stereocenters. The zero-order chi connectivity index (χ0) is 23.2. The Morgan fingerprint density at radius 1 is 1.03 bits per heavy atom. The molecule has 1 aromatic heterocycles. The summed E-state index contributed by atoms with van der Waals surface area (Å²) in [5.74, 6) is -0.878. The summed E-state index contributed by atoms with van der Waals surface area (Å²) in [4.78, 5) is 27.9. The number of amides is 1. The van der Waals surface area contributed by atoms with Crippen LogP contribution in [0.25, 0.3) is 0 Å². The Hall–Kier alpha value is -3.31. The molecule has 1 aliphatic heterocycles. The van der Waals surface area contributed by atoms with Crippen LogP contribution in [0.4, 0.5) is 0 Å². The van der Waals surface area contributed by atoms with Crippen LogP contribution in [0.3, 0.4) is 0 Å². The Bertz CT molecular complexity index is 1090. The van der Waals surface area contributed by atoms with Gasteiger partial charge in [0.05, 0.1) is 12.1 Å². The smallest absolute Gasteiger partial charge is 0.238 e. The number of carbonyl (C=O) groups is 2. The molecule has 0 aliphatic carbocycles. The number of hydrogen-bond donors (Lipinski definition) is 3. The normalized spacial score (nSPS) is 17.3. The van der Waals surface area contributed by atoms with E-state index in [1.54, 1.807) is 12.1 Å². The van der Waals surface area contributed by atoms with Gasteiger partial charge in [-0.2, -0.15) is 5.26 Å². The molecule has 0 saturated carbocycles. The van der Waals surface area contributed by atoms with Gasteiger partial charge in [-0.05, 0) is 42.6 Å². The topological polar surface area (TPSA) is 108 Å². The van der Waals surface area contributed by atoms with Crippen LogP contribution < -0.4 is 16.4 Å². The van der Waals surface area contributed by atoms with Crippen molar-refractivity contribution in [2.75, 3.05) is 6.54 Å². The zero-order valence-electron chi connectivity index (χ0n) is 18.1. The van der Waals surface area contributed by atoms with E-state index in [0.29, 0.717) is 9.75 Å². The van der Waals surface area contributed by atoms with Crippen LogP contribution in [0.1, 0.15) is 45.7 Å². The van der Waals surface area contributed by atoms with E-state index >= 15 is 0 Å². The van der Waals surface area contributed by atoms with Crippen LogP contribution in [-0.2, 0) is 9.59 Å². The average molecular weight is 459 g/mol. The third-order valence-electron chi connectivity index (χ3n) is 5.98. The molecule has 1 unspecified atom stereocenters. The van der Waals surface area contributed by atoms with Crippen molar-refractivity contribution in [1.29, 1.82) is 5.26 Å². The molecule has 1 saturated heterocycles. The first-order chi connectivity index (χ1) is 16.1. The average Bonchev–Trinajstić information content (AvgIpc) is 3.56. The van der Waals surface area contributed by atoms with Crippen molar-refractivity contribution in [3.63, 3.8) is 0 Å². The number of nitrogens with two attached hydrogens (primary N) is 1. The fourth-order valence-electron chi connectivity index (χ4n) is 4.30. The van der Waals surface area contributed by atoms with E-state index in [9.17, 15) is 14.9 Å². The highest BCUT2D eigenvalue weighted by Gasteiger charge is 2.35. The molecule has 6 nitrogen and oxygen atoms in total. The summed E-state index contributed by atoms with van der Waals surface area (Å²) in [6, 6.07) is 22.8. The molecule has 0 spiro atoms. The molecule has 2 heterocycles. The van der Waals surface area contributed by atoms with E-state index in [1.807, 2.05) is 60.7 Å². The number of benzene rings is 2. The SMILES string of the molecule is N#Cc1ccc(C(NC(=O)[C@@H](N)C(c2ccccc2)c2ccccc2)C(=O)[C@@H]2CCCN2)s1. The van der Waals surface area contributed by atoms with Crippen LogP contribution in [-0.4, -0.2) is 30.3 Å². The first kappa shape index (κ1) is 22.9. The Balaban J connectivity index is 1.63. The second kappa shape index (κ2) is 10.5. The molecule has 3 aromatic rings. The third-order valence-corrected chi connectivity index (χ3v) is 7.03. The van der Waals surface area contributed by atoms with Gasteiger partial charge >= 0.3 is 0 Å². The zero-order valence-corrected chi connectivity index (χ0v) is 18.9. The third kappa shape index (κ3) is 5.20. The summed E-state index contributed by atoms with van der Waals surface area (Å²) < 4.78 is 0. The molecule has 33 heavy (non-hydrogen) atoms. The maximum Gasteiger partial charge on any atom is 0.238 e. The van der Waals surface area contributed by atoms with E-state index in [1.165, 1.54) is 11.3 Å². The van der Waals surface area contributed by atoms with E-state index < -0.39 is 18.0 Å². The maximum absolute atomic E-state index is 13.4. The molecule has 0 radical (unpaired) electrons. The summed E-state index contributed by atoms with van der Waals surface area (Å²) in [5.41, 5.74) is 8.40. The summed E-state index contributed by atoms with van der Waals surface area (Å²) in [7, 11) is 0. The number of hydrogen-bond acceptors (Lipinski definition) is 6. The van der Waals surface area contributed by atoms with Gasteiger partial charge in [0.1, 0.15) is 17.0 Å². The molecular formula is C26H26N4O2S. The summed E-state index contributed by atoms with van der Waals surface area (Å²) >= 11 is 1.22. The molecule has 2 aromatic carbocycles. The first-order valence-corrected chi connectivity index (χ1v) is 11.8. The van der Waals surface area contributed by atoms with Crippen molar-refractivity contribution in [2.24, 2.45) is 5.73 Å². The van der Waals surface area contributed by atoms with Gasteiger partial charge in [-0.1, -0.05) is 60.7 Å². The highest BCUT2D eigenvalue weighted by atomic mass is 32.1. The fourth-order valence-corrected chi connectivity index (χ4v) is 5.16. The molecular weight excluding hydrogens is 432 g/mol. The van der Waals surface area contributed by atoms with Crippen LogP contribution >= 0.6 is 11.3 Å². The summed E-state index contributed by atoms with van der Waals surface area (Å²) in [6.45, 7) is 0.772. The molecule has 168 valence electrons. The number of nitrogens with zero attached hydrogens (tertiary/aromatic N) is 1. The lowest BCUT2D eigenvalue weighted by molar-refractivity contribution is -0.129. The van der Waals surface area contributed by atoms with Crippen molar-refractivity contribution in [2.45, 2.75) is 36.9 Å². The molecule has 7 heteroatoms. The second-order valence-electron chi connectivity index (χ2n) is 8.13. The van der Waals surface area contributed by atoms with Crippen LogP contribution in [0.15, 0.2) is 72.8 Å². The van der Waals surface area contributed by atoms with Crippen molar-refractivity contribution in [3.8, 4) is 6.07 Å². The Kier molecular flexibility index (Phi) is 7.30. The van der Waals surface area contributed by atoms with Crippen molar-refractivity contribution >= 4 is 23.0 Å². The van der Waals surface area contributed by atoms with Gasteiger partial charge < -0.3 is 16.4 Å². The van der Waals surface area contributed by atoms with E-state index in [-0.39, 0.29) is 17.7 Å². The fraction of sp³-hybridized carbons (Fsp3) is 0.269. The minimum absolute atomic E-state index is 0.102. The Morgan fingerprint density at radius 3 is 2.18 bits per heavy atom. The van der Waals surface area contributed by atoms with E-state index in [2.05, 4.69) is 16.7 Å². The van der Waals surface area contributed by atoms with Gasteiger partial charge in [0.25, 0.3) is 0 Å². The largest absolute Gasteiger partial charge is 0.340 e. The molecule has 0 bridgehead atoms. The quantitative estimate of drug-likeness (QED) is 0.480. The number of Topliss-reactive ketones (excluding diaryl/α,β-unsaturated/α-hetero) is 1. The highest BCUT2D eigenvalue weighted by Crippen LogP contribution is 2.30. The Labute approximate surface area is 197 Å². The number of thiophene rings is 1. The molecule has 4 rings (SSSR count). The molecule has 1 amide bonds. The first-order valence-electron chi connectivity index (χ1n) is 11.0. The Morgan fingerprint density at radius 2 is 1.67 bits per heavy atom. The molecule has 4 N–H and O–H groups in total. The van der Waals surface area contributed by atoms with Gasteiger partial charge in [-0.3, -0.25) is 9.59 Å². The number of rotatable bonds is 8.